The van der Waals surface area contributed by atoms with Gasteiger partial charge in [-0.2, -0.15) is 5.10 Å². The predicted molar refractivity (Wildman–Crippen MR) is 97.4 cm³/mol. The maximum absolute atomic E-state index is 12.6. The second kappa shape index (κ2) is 6.26. The summed E-state index contributed by atoms with van der Waals surface area (Å²) in [4.78, 5) is 12.6. The van der Waals surface area contributed by atoms with Gasteiger partial charge in [-0.1, -0.05) is 11.6 Å². The van der Waals surface area contributed by atoms with E-state index in [4.69, 9.17) is 16.3 Å². The van der Waals surface area contributed by atoms with Gasteiger partial charge in [0.2, 0.25) is 0 Å². The number of carbonyl (C=O) groups is 1. The van der Waals surface area contributed by atoms with Crippen molar-refractivity contribution in [1.29, 1.82) is 0 Å². The third kappa shape index (κ3) is 2.87. The minimum Gasteiger partial charge on any atom is -0.497 e. The fraction of sp³-hybridized carbons (Fsp3) is 0.158. The molecule has 1 heterocycles. The number of hydrogen-bond donors (Lipinski definition) is 2. The van der Waals surface area contributed by atoms with Crippen LogP contribution in [0.3, 0.4) is 0 Å². The Morgan fingerprint density at radius 2 is 2.00 bits per heavy atom. The molecule has 1 aromatic heterocycles. The van der Waals surface area contributed by atoms with Crippen molar-refractivity contribution in [2.75, 3.05) is 12.4 Å². The van der Waals surface area contributed by atoms with E-state index in [0.717, 1.165) is 35.4 Å². The number of aryl methyl sites for hydroxylation is 1. The first kappa shape index (κ1) is 15.7. The molecule has 25 heavy (non-hydrogen) atoms. The molecule has 6 heteroatoms. The smallest absolute Gasteiger partial charge is 0.273 e. The maximum Gasteiger partial charge on any atom is 0.273 e. The number of anilines is 1. The molecule has 5 nitrogen and oxygen atoms in total. The molecule has 1 aliphatic carbocycles. The summed E-state index contributed by atoms with van der Waals surface area (Å²) >= 11 is 5.87. The van der Waals surface area contributed by atoms with Crippen LogP contribution >= 0.6 is 11.6 Å². The van der Waals surface area contributed by atoms with Crippen LogP contribution in [0.5, 0.6) is 5.75 Å². The zero-order valence-electron chi connectivity index (χ0n) is 13.6. The maximum atomic E-state index is 12.6. The van der Waals surface area contributed by atoms with Crippen molar-refractivity contribution in [1.82, 2.24) is 10.2 Å². The Morgan fingerprint density at radius 3 is 2.76 bits per heavy atom. The van der Waals surface area contributed by atoms with E-state index in [1.165, 1.54) is 5.56 Å². The lowest BCUT2D eigenvalue weighted by Gasteiger charge is -2.17. The monoisotopic (exact) mass is 353 g/mol. The molecule has 0 fully saturated rings. The molecule has 126 valence electrons. The number of aromatic nitrogens is 2. The highest BCUT2D eigenvalue weighted by atomic mass is 35.5. The van der Waals surface area contributed by atoms with Gasteiger partial charge in [0, 0.05) is 21.8 Å². The number of ether oxygens (including phenoxy) is 1. The SMILES string of the molecule is COc1ccc2c(c1)CCc1c-2n[nH]c1C(=O)Nc1ccc(Cl)cc1. The van der Waals surface area contributed by atoms with Crippen LogP contribution in [0.2, 0.25) is 5.02 Å². The van der Waals surface area contributed by atoms with Gasteiger partial charge in [-0.05, 0) is 60.9 Å². The molecular formula is C19H16ClN3O2. The van der Waals surface area contributed by atoms with Crippen molar-refractivity contribution in [3.8, 4) is 17.0 Å². The second-order valence-corrected chi connectivity index (χ2v) is 6.35. The van der Waals surface area contributed by atoms with Crippen LogP contribution in [-0.2, 0) is 12.8 Å². The molecule has 0 saturated carbocycles. The Hall–Kier alpha value is -2.79. The Bertz CT molecular complexity index is 948. The van der Waals surface area contributed by atoms with Gasteiger partial charge in [-0.3, -0.25) is 9.89 Å². The van der Waals surface area contributed by atoms with Gasteiger partial charge >= 0.3 is 0 Å². The Morgan fingerprint density at radius 1 is 1.20 bits per heavy atom. The summed E-state index contributed by atoms with van der Waals surface area (Å²) in [5.41, 5.74) is 5.21. The van der Waals surface area contributed by atoms with Crippen LogP contribution in [0.4, 0.5) is 5.69 Å². The minimum atomic E-state index is -0.201. The quantitative estimate of drug-likeness (QED) is 0.745. The second-order valence-electron chi connectivity index (χ2n) is 5.91. The summed E-state index contributed by atoms with van der Waals surface area (Å²) < 4.78 is 5.28. The molecule has 1 amide bonds. The number of aromatic amines is 1. The fourth-order valence-electron chi connectivity index (χ4n) is 3.14. The first-order valence-electron chi connectivity index (χ1n) is 7.97. The van der Waals surface area contributed by atoms with Gasteiger partial charge in [0.05, 0.1) is 12.8 Å². The van der Waals surface area contributed by atoms with Crippen LogP contribution in [0.25, 0.3) is 11.3 Å². The molecule has 0 radical (unpaired) electrons. The lowest BCUT2D eigenvalue weighted by molar-refractivity contribution is 0.102. The van der Waals surface area contributed by atoms with E-state index in [2.05, 4.69) is 15.5 Å². The first-order chi connectivity index (χ1) is 12.2. The number of nitrogens with one attached hydrogen (secondary N) is 2. The third-order valence-corrected chi connectivity index (χ3v) is 4.66. The number of rotatable bonds is 3. The summed E-state index contributed by atoms with van der Waals surface area (Å²) in [5.74, 6) is 0.631. The zero-order chi connectivity index (χ0) is 17.4. The number of benzene rings is 2. The van der Waals surface area contributed by atoms with Gasteiger partial charge in [0.1, 0.15) is 11.4 Å². The molecule has 3 aromatic rings. The fourth-order valence-corrected chi connectivity index (χ4v) is 3.27. The van der Waals surface area contributed by atoms with Gasteiger partial charge in [-0.25, -0.2) is 0 Å². The molecule has 0 bridgehead atoms. The Labute approximate surface area is 150 Å². The van der Waals surface area contributed by atoms with E-state index < -0.39 is 0 Å². The van der Waals surface area contributed by atoms with Crippen LogP contribution < -0.4 is 10.1 Å². The molecule has 2 N–H and O–H groups in total. The van der Waals surface area contributed by atoms with Crippen LogP contribution in [-0.4, -0.2) is 23.2 Å². The molecule has 1 aliphatic rings. The normalized spacial score (nSPS) is 12.2. The first-order valence-corrected chi connectivity index (χ1v) is 8.35. The Balaban J connectivity index is 1.64. The largest absolute Gasteiger partial charge is 0.497 e. The van der Waals surface area contributed by atoms with E-state index in [-0.39, 0.29) is 5.91 Å². The standard InChI is InChI=1S/C19H16ClN3O2/c1-25-14-7-9-15-11(10-14)2-8-16-17(15)22-23-18(16)19(24)21-13-5-3-12(20)4-6-13/h3-7,9-10H,2,8H2,1H3,(H,21,24)(H,22,23). The van der Waals surface area contributed by atoms with Gasteiger partial charge in [-0.15, -0.1) is 0 Å². The number of amides is 1. The van der Waals surface area contributed by atoms with Crippen molar-refractivity contribution >= 4 is 23.2 Å². The van der Waals surface area contributed by atoms with E-state index >= 15 is 0 Å². The number of nitrogens with zero attached hydrogens (tertiary/aromatic N) is 1. The van der Waals surface area contributed by atoms with Crippen molar-refractivity contribution in [3.63, 3.8) is 0 Å². The summed E-state index contributed by atoms with van der Waals surface area (Å²) in [6.07, 6.45) is 1.61. The summed E-state index contributed by atoms with van der Waals surface area (Å²) in [7, 11) is 1.66. The molecule has 0 aliphatic heterocycles. The average molecular weight is 354 g/mol. The number of fused-ring (bicyclic) bond motifs is 3. The molecule has 0 unspecified atom stereocenters. The highest BCUT2D eigenvalue weighted by molar-refractivity contribution is 6.30. The summed E-state index contributed by atoms with van der Waals surface area (Å²) in [6.45, 7) is 0. The molecule has 0 spiro atoms. The minimum absolute atomic E-state index is 0.201. The highest BCUT2D eigenvalue weighted by Crippen LogP contribution is 2.35. The molecule has 2 aromatic carbocycles. The van der Waals surface area contributed by atoms with Crippen molar-refractivity contribution < 1.29 is 9.53 Å². The van der Waals surface area contributed by atoms with Crippen molar-refractivity contribution in [2.24, 2.45) is 0 Å². The van der Waals surface area contributed by atoms with Crippen LogP contribution in [0.15, 0.2) is 42.5 Å². The predicted octanol–water partition coefficient (Wildman–Crippen LogP) is 4.09. The highest BCUT2D eigenvalue weighted by Gasteiger charge is 2.25. The topological polar surface area (TPSA) is 67.0 Å². The van der Waals surface area contributed by atoms with E-state index in [1.807, 2.05) is 18.2 Å². The average Bonchev–Trinajstić information content (AvgIpc) is 3.07. The van der Waals surface area contributed by atoms with E-state index in [1.54, 1.807) is 31.4 Å². The molecule has 0 atom stereocenters. The third-order valence-electron chi connectivity index (χ3n) is 4.41. The summed E-state index contributed by atoms with van der Waals surface area (Å²) in [5, 5.41) is 10.8. The number of H-pyrrole nitrogens is 1. The van der Waals surface area contributed by atoms with Crippen LogP contribution in [0, 0.1) is 0 Å². The summed E-state index contributed by atoms with van der Waals surface area (Å²) in [6, 6.07) is 13.0. The molecule has 0 saturated heterocycles. The number of hydrogen-bond acceptors (Lipinski definition) is 3. The lowest BCUT2D eigenvalue weighted by Crippen LogP contribution is -2.15. The van der Waals surface area contributed by atoms with Crippen molar-refractivity contribution in [3.05, 3.63) is 64.3 Å². The molecule has 4 rings (SSSR count). The van der Waals surface area contributed by atoms with Gasteiger partial charge in [0.25, 0.3) is 5.91 Å². The van der Waals surface area contributed by atoms with Crippen LogP contribution in [0.1, 0.15) is 21.6 Å². The van der Waals surface area contributed by atoms with Gasteiger partial charge < -0.3 is 10.1 Å². The Kier molecular flexibility index (Phi) is 3.93. The molecular weight excluding hydrogens is 338 g/mol. The number of methoxy groups -OCH3 is 1. The lowest BCUT2D eigenvalue weighted by atomic mass is 9.89. The van der Waals surface area contributed by atoms with Crippen molar-refractivity contribution in [2.45, 2.75) is 12.8 Å². The number of carbonyl (C=O) groups excluding carboxylic acids is 1. The number of halogens is 1. The van der Waals surface area contributed by atoms with Gasteiger partial charge in [0.15, 0.2) is 0 Å². The van der Waals surface area contributed by atoms with E-state index in [0.29, 0.717) is 16.4 Å². The zero-order valence-corrected chi connectivity index (χ0v) is 14.4. The van der Waals surface area contributed by atoms with E-state index in [9.17, 15) is 4.79 Å².